The van der Waals surface area contributed by atoms with E-state index in [0.717, 1.165) is 50.7 Å². The van der Waals surface area contributed by atoms with Crippen LogP contribution in [0.15, 0.2) is 29.3 Å². The number of hydrogen-bond acceptors (Lipinski definition) is 5. The van der Waals surface area contributed by atoms with E-state index in [1.807, 2.05) is 6.92 Å². The van der Waals surface area contributed by atoms with Crippen LogP contribution in [0.4, 0.5) is 5.69 Å². The summed E-state index contributed by atoms with van der Waals surface area (Å²) in [6, 6.07) is 6.62. The fourth-order valence-corrected chi connectivity index (χ4v) is 3.08. The van der Waals surface area contributed by atoms with E-state index in [9.17, 15) is 9.59 Å². The van der Waals surface area contributed by atoms with Crippen molar-refractivity contribution in [1.82, 2.24) is 15.1 Å². The van der Waals surface area contributed by atoms with Crippen LogP contribution >= 0.6 is 0 Å². The fourth-order valence-electron chi connectivity index (χ4n) is 3.08. The van der Waals surface area contributed by atoms with Gasteiger partial charge in [0.25, 0.3) is 0 Å². The second-order valence-corrected chi connectivity index (χ2v) is 7.17. The van der Waals surface area contributed by atoms with Gasteiger partial charge in [-0.25, -0.2) is 4.79 Å². The Hall–Kier alpha value is -2.65. The molecule has 1 aromatic carbocycles. The average Bonchev–Trinajstić information content (AvgIpc) is 2.75. The normalized spacial score (nSPS) is 15.1. The van der Waals surface area contributed by atoms with Crippen LogP contribution in [0, 0.1) is 0 Å². The summed E-state index contributed by atoms with van der Waals surface area (Å²) in [5, 5.41) is 15.3. The van der Waals surface area contributed by atoms with Crippen molar-refractivity contribution in [2.75, 3.05) is 64.8 Å². The molecule has 9 nitrogen and oxygen atoms in total. The zero-order valence-corrected chi connectivity index (χ0v) is 17.9. The van der Waals surface area contributed by atoms with Crippen molar-refractivity contribution < 1.29 is 19.4 Å². The molecule has 0 aromatic heterocycles. The Bertz CT molecular complexity index is 700. The Balaban J connectivity index is 1.96. The predicted molar refractivity (Wildman–Crippen MR) is 117 cm³/mol. The summed E-state index contributed by atoms with van der Waals surface area (Å²) < 4.78 is 5.10. The van der Waals surface area contributed by atoms with Gasteiger partial charge >= 0.3 is 5.97 Å². The second-order valence-electron chi connectivity index (χ2n) is 7.17. The Labute approximate surface area is 178 Å². The molecule has 2 rings (SSSR count). The number of benzene rings is 1. The van der Waals surface area contributed by atoms with Gasteiger partial charge in [0.15, 0.2) is 5.96 Å². The van der Waals surface area contributed by atoms with Gasteiger partial charge in [-0.3, -0.25) is 14.7 Å². The van der Waals surface area contributed by atoms with Gasteiger partial charge < -0.3 is 25.4 Å². The fraction of sp³-hybridized carbons (Fsp3) is 0.571. The molecular formula is C21H33N5O4. The number of nitrogens with one attached hydrogen (secondary N) is 2. The third-order valence-corrected chi connectivity index (χ3v) is 4.77. The maximum absolute atomic E-state index is 11.9. The zero-order valence-electron chi connectivity index (χ0n) is 17.9. The minimum absolute atomic E-state index is 0.0652. The van der Waals surface area contributed by atoms with Crippen molar-refractivity contribution in [3.05, 3.63) is 29.8 Å². The van der Waals surface area contributed by atoms with Gasteiger partial charge in [-0.15, -0.1) is 0 Å². The number of hydrogen-bond donors (Lipinski definition) is 3. The highest BCUT2D eigenvalue weighted by Gasteiger charge is 2.21. The highest BCUT2D eigenvalue weighted by molar-refractivity contribution is 5.94. The number of carboxylic acids is 1. The molecule has 0 aliphatic carbocycles. The lowest BCUT2D eigenvalue weighted by Crippen LogP contribution is -2.52. The SMILES string of the molecule is CCCNC(=O)CN1CCN(C(=NCCCOC)Nc2ccc(C(=O)O)cc2)CC1. The van der Waals surface area contributed by atoms with Crippen LogP contribution < -0.4 is 10.6 Å². The molecule has 30 heavy (non-hydrogen) atoms. The van der Waals surface area contributed by atoms with Gasteiger partial charge in [-0.05, 0) is 37.1 Å². The molecule has 166 valence electrons. The molecule has 1 aromatic rings. The number of aromatic carboxylic acids is 1. The van der Waals surface area contributed by atoms with Gasteiger partial charge in [0.2, 0.25) is 5.91 Å². The van der Waals surface area contributed by atoms with Crippen molar-refractivity contribution in [1.29, 1.82) is 0 Å². The lowest BCUT2D eigenvalue weighted by atomic mass is 10.2. The number of rotatable bonds is 10. The Morgan fingerprint density at radius 2 is 1.87 bits per heavy atom. The molecule has 1 aliphatic heterocycles. The largest absolute Gasteiger partial charge is 0.478 e. The van der Waals surface area contributed by atoms with Gasteiger partial charge in [0.05, 0.1) is 12.1 Å². The van der Waals surface area contributed by atoms with Crippen molar-refractivity contribution in [2.45, 2.75) is 19.8 Å². The Morgan fingerprint density at radius 3 is 2.47 bits per heavy atom. The predicted octanol–water partition coefficient (Wildman–Crippen LogP) is 1.33. The summed E-state index contributed by atoms with van der Waals surface area (Å²) in [4.78, 5) is 32.0. The molecule has 1 saturated heterocycles. The molecule has 1 aliphatic rings. The number of anilines is 1. The van der Waals surface area contributed by atoms with E-state index >= 15 is 0 Å². The summed E-state index contributed by atoms with van der Waals surface area (Å²) >= 11 is 0. The molecule has 0 saturated carbocycles. The van der Waals surface area contributed by atoms with Gasteiger partial charge in [0.1, 0.15) is 0 Å². The first-order chi connectivity index (χ1) is 14.5. The van der Waals surface area contributed by atoms with Crippen molar-refractivity contribution in [2.24, 2.45) is 4.99 Å². The molecule has 0 bridgehead atoms. The topological polar surface area (TPSA) is 107 Å². The van der Waals surface area contributed by atoms with Crippen molar-refractivity contribution >= 4 is 23.5 Å². The van der Waals surface area contributed by atoms with Crippen LogP contribution in [-0.4, -0.2) is 92.3 Å². The Morgan fingerprint density at radius 1 is 1.17 bits per heavy atom. The van der Waals surface area contributed by atoms with Crippen LogP contribution in [0.5, 0.6) is 0 Å². The first-order valence-corrected chi connectivity index (χ1v) is 10.4. The maximum Gasteiger partial charge on any atom is 0.335 e. The monoisotopic (exact) mass is 419 g/mol. The average molecular weight is 420 g/mol. The molecule has 3 N–H and O–H groups in total. The smallest absolute Gasteiger partial charge is 0.335 e. The first kappa shape index (κ1) is 23.6. The van der Waals surface area contributed by atoms with Crippen LogP contribution in [0.1, 0.15) is 30.1 Å². The van der Waals surface area contributed by atoms with Crippen LogP contribution in [0.25, 0.3) is 0 Å². The van der Waals surface area contributed by atoms with E-state index in [4.69, 9.17) is 14.8 Å². The lowest BCUT2D eigenvalue weighted by Gasteiger charge is -2.36. The zero-order chi connectivity index (χ0) is 21.8. The molecule has 0 spiro atoms. The number of piperazine rings is 1. The molecular weight excluding hydrogens is 386 g/mol. The number of carbonyl (C=O) groups is 2. The second kappa shape index (κ2) is 12.8. The maximum atomic E-state index is 11.9. The van der Waals surface area contributed by atoms with Gasteiger partial charge in [-0.2, -0.15) is 0 Å². The number of carboxylic acid groups (broad SMARTS) is 1. The number of nitrogens with zero attached hydrogens (tertiary/aromatic N) is 3. The highest BCUT2D eigenvalue weighted by Crippen LogP contribution is 2.12. The van der Waals surface area contributed by atoms with Crippen LogP contribution in [0.2, 0.25) is 0 Å². The summed E-state index contributed by atoms with van der Waals surface area (Å²) in [6.45, 7) is 7.49. The number of ether oxygens (including phenoxy) is 1. The van der Waals surface area contributed by atoms with E-state index < -0.39 is 5.97 Å². The summed E-state index contributed by atoms with van der Waals surface area (Å²) in [6.07, 6.45) is 1.75. The first-order valence-electron chi connectivity index (χ1n) is 10.4. The van der Waals surface area contributed by atoms with Crippen LogP contribution in [0.3, 0.4) is 0 Å². The van der Waals surface area contributed by atoms with E-state index in [-0.39, 0.29) is 11.5 Å². The quantitative estimate of drug-likeness (QED) is 0.298. The van der Waals surface area contributed by atoms with E-state index in [2.05, 4.69) is 20.4 Å². The number of methoxy groups -OCH3 is 1. The van der Waals surface area contributed by atoms with Crippen LogP contribution in [-0.2, 0) is 9.53 Å². The lowest BCUT2D eigenvalue weighted by molar-refractivity contribution is -0.122. The highest BCUT2D eigenvalue weighted by atomic mass is 16.5. The summed E-state index contributed by atoms with van der Waals surface area (Å²) in [7, 11) is 1.67. The third kappa shape index (κ3) is 8.00. The minimum Gasteiger partial charge on any atom is -0.478 e. The van der Waals surface area contributed by atoms with E-state index in [1.54, 1.807) is 31.4 Å². The molecule has 1 amide bonds. The van der Waals surface area contributed by atoms with Gasteiger partial charge in [0, 0.05) is 58.7 Å². The molecule has 0 radical (unpaired) electrons. The molecule has 0 unspecified atom stereocenters. The van der Waals surface area contributed by atoms with E-state index in [1.165, 1.54) is 0 Å². The minimum atomic E-state index is -0.950. The van der Waals surface area contributed by atoms with Gasteiger partial charge in [-0.1, -0.05) is 6.92 Å². The van der Waals surface area contributed by atoms with E-state index in [0.29, 0.717) is 26.2 Å². The molecule has 1 fully saturated rings. The number of aliphatic imine (C=N–C) groups is 1. The summed E-state index contributed by atoms with van der Waals surface area (Å²) in [5.74, 6) is -0.131. The molecule has 1 heterocycles. The number of guanidine groups is 1. The third-order valence-electron chi connectivity index (χ3n) is 4.77. The van der Waals surface area contributed by atoms with Crippen molar-refractivity contribution in [3.63, 3.8) is 0 Å². The summed E-state index contributed by atoms with van der Waals surface area (Å²) in [5.41, 5.74) is 1.03. The standard InChI is InChI=1S/C21H33N5O4/c1-3-9-22-19(27)16-25-11-13-26(14-12-25)21(23-10-4-15-30-2)24-18-7-5-17(6-8-18)20(28)29/h5-8H,3-4,9-16H2,1-2H3,(H,22,27)(H,23,24)(H,28,29). The number of carbonyl (C=O) groups excluding carboxylic acids is 1. The number of amides is 1. The van der Waals surface area contributed by atoms with Crippen molar-refractivity contribution in [3.8, 4) is 0 Å². The molecule has 0 atom stereocenters. The molecule has 9 heteroatoms. The Kier molecular flexibility index (Phi) is 10.1.